The van der Waals surface area contributed by atoms with Crippen LogP contribution in [0.1, 0.15) is 32.6 Å². The highest BCUT2D eigenvalue weighted by atomic mass is 14.8. The van der Waals surface area contributed by atoms with Gasteiger partial charge < -0.3 is 5.73 Å². The summed E-state index contributed by atoms with van der Waals surface area (Å²) in [6, 6.07) is 0.575. The predicted octanol–water partition coefficient (Wildman–Crippen LogP) is 2.02. The average Bonchev–Trinajstić information content (AvgIpc) is 2.33. The molecule has 12 heavy (non-hydrogen) atoms. The first kappa shape index (κ1) is 7.37. The second-order valence-electron chi connectivity index (χ2n) is 5.26. The van der Waals surface area contributed by atoms with Crippen LogP contribution in [0, 0.1) is 29.6 Å². The van der Waals surface area contributed by atoms with Crippen molar-refractivity contribution in [3.8, 4) is 0 Å². The standard InChI is InChI=1S/C11H19N/c1-6-8-4-2-7-3-5-9(8)11(12)10(6)7/h6-11H,2-5,12H2,1H3. The molecule has 0 saturated heterocycles. The molecule has 0 radical (unpaired) electrons. The quantitative estimate of drug-likeness (QED) is 0.584. The van der Waals surface area contributed by atoms with E-state index in [1.807, 2.05) is 0 Å². The molecule has 0 amide bonds. The van der Waals surface area contributed by atoms with Crippen LogP contribution in [-0.2, 0) is 0 Å². The first-order valence-corrected chi connectivity index (χ1v) is 5.54. The van der Waals surface area contributed by atoms with Gasteiger partial charge in [-0.25, -0.2) is 0 Å². The molecule has 3 rings (SSSR count). The van der Waals surface area contributed by atoms with Gasteiger partial charge in [0, 0.05) is 6.04 Å². The maximum absolute atomic E-state index is 6.30. The molecule has 3 saturated carbocycles. The third kappa shape index (κ3) is 0.693. The summed E-state index contributed by atoms with van der Waals surface area (Å²) in [5.74, 6) is 4.77. The monoisotopic (exact) mass is 165 g/mol. The third-order valence-electron chi connectivity index (χ3n) is 5.06. The van der Waals surface area contributed by atoms with E-state index >= 15 is 0 Å². The number of hydrogen-bond acceptors (Lipinski definition) is 1. The Bertz CT molecular complexity index is 178. The van der Waals surface area contributed by atoms with E-state index < -0.39 is 0 Å². The van der Waals surface area contributed by atoms with Crippen LogP contribution < -0.4 is 5.73 Å². The fourth-order valence-corrected chi connectivity index (χ4v) is 4.57. The second kappa shape index (κ2) is 2.25. The van der Waals surface area contributed by atoms with Crippen molar-refractivity contribution in [3.63, 3.8) is 0 Å². The molecular formula is C11H19N. The van der Waals surface area contributed by atoms with E-state index in [4.69, 9.17) is 5.73 Å². The van der Waals surface area contributed by atoms with Gasteiger partial charge in [0.25, 0.3) is 0 Å². The molecule has 3 fully saturated rings. The van der Waals surface area contributed by atoms with Gasteiger partial charge >= 0.3 is 0 Å². The molecule has 1 heteroatoms. The van der Waals surface area contributed by atoms with Crippen LogP contribution >= 0.6 is 0 Å². The molecule has 0 aromatic rings. The molecule has 0 spiro atoms. The Labute approximate surface area is 74.7 Å². The summed E-state index contributed by atoms with van der Waals surface area (Å²) < 4.78 is 0. The van der Waals surface area contributed by atoms with Crippen LogP contribution in [0.5, 0.6) is 0 Å². The Morgan fingerprint density at radius 3 is 2.42 bits per heavy atom. The Morgan fingerprint density at radius 1 is 1.00 bits per heavy atom. The van der Waals surface area contributed by atoms with Gasteiger partial charge in [0.1, 0.15) is 0 Å². The van der Waals surface area contributed by atoms with Crippen molar-refractivity contribution in [2.75, 3.05) is 0 Å². The van der Waals surface area contributed by atoms with Gasteiger partial charge in [-0.15, -0.1) is 0 Å². The molecule has 3 aliphatic carbocycles. The molecular weight excluding hydrogens is 146 g/mol. The van der Waals surface area contributed by atoms with Crippen molar-refractivity contribution in [3.05, 3.63) is 0 Å². The summed E-state index contributed by atoms with van der Waals surface area (Å²) in [7, 11) is 0. The molecule has 6 atom stereocenters. The van der Waals surface area contributed by atoms with Gasteiger partial charge in [-0.05, 0) is 55.3 Å². The fourth-order valence-electron chi connectivity index (χ4n) is 4.57. The summed E-state index contributed by atoms with van der Waals surface area (Å²) in [5, 5.41) is 0. The lowest BCUT2D eigenvalue weighted by molar-refractivity contribution is 0.158. The minimum atomic E-state index is 0.575. The van der Waals surface area contributed by atoms with E-state index in [0.717, 1.165) is 29.6 Å². The minimum absolute atomic E-state index is 0.575. The Balaban J connectivity index is 2.02. The highest BCUT2D eigenvalue weighted by molar-refractivity contribution is 5.06. The van der Waals surface area contributed by atoms with Gasteiger partial charge in [-0.2, -0.15) is 0 Å². The first-order valence-electron chi connectivity index (χ1n) is 5.54. The lowest BCUT2D eigenvalue weighted by atomic mass is 9.71. The molecule has 0 aliphatic heterocycles. The second-order valence-corrected chi connectivity index (χ2v) is 5.26. The molecule has 0 heterocycles. The van der Waals surface area contributed by atoms with Crippen LogP contribution in [-0.4, -0.2) is 6.04 Å². The van der Waals surface area contributed by atoms with Gasteiger partial charge in [0.15, 0.2) is 0 Å². The zero-order valence-corrected chi connectivity index (χ0v) is 7.87. The first-order chi connectivity index (χ1) is 5.79. The van der Waals surface area contributed by atoms with Crippen molar-refractivity contribution < 1.29 is 0 Å². The van der Waals surface area contributed by atoms with E-state index in [2.05, 4.69) is 6.92 Å². The summed E-state index contributed by atoms with van der Waals surface area (Å²) in [6.45, 7) is 2.45. The molecule has 0 aromatic heterocycles. The van der Waals surface area contributed by atoms with Crippen LogP contribution in [0.2, 0.25) is 0 Å². The van der Waals surface area contributed by atoms with E-state index in [-0.39, 0.29) is 0 Å². The topological polar surface area (TPSA) is 26.0 Å². The summed E-state index contributed by atoms with van der Waals surface area (Å²) in [4.78, 5) is 0. The summed E-state index contributed by atoms with van der Waals surface area (Å²) in [5.41, 5.74) is 6.30. The molecule has 6 unspecified atom stereocenters. The maximum Gasteiger partial charge on any atom is 0.0104 e. The van der Waals surface area contributed by atoms with Gasteiger partial charge in [0.05, 0.1) is 0 Å². The molecule has 1 nitrogen and oxygen atoms in total. The highest BCUT2D eigenvalue weighted by Gasteiger charge is 2.54. The smallest absolute Gasteiger partial charge is 0.0104 e. The van der Waals surface area contributed by atoms with Gasteiger partial charge in [0.2, 0.25) is 0 Å². The van der Waals surface area contributed by atoms with E-state index in [1.165, 1.54) is 25.7 Å². The lowest BCUT2D eigenvalue weighted by Crippen LogP contribution is -2.40. The Hall–Kier alpha value is -0.0400. The van der Waals surface area contributed by atoms with Crippen LogP contribution in [0.15, 0.2) is 0 Å². The van der Waals surface area contributed by atoms with E-state index in [9.17, 15) is 0 Å². The zero-order valence-electron chi connectivity index (χ0n) is 7.87. The Morgan fingerprint density at radius 2 is 1.67 bits per heavy atom. The van der Waals surface area contributed by atoms with Gasteiger partial charge in [-0.1, -0.05) is 6.92 Å². The lowest BCUT2D eigenvalue weighted by Gasteiger charge is -2.35. The van der Waals surface area contributed by atoms with Crippen molar-refractivity contribution in [1.82, 2.24) is 0 Å². The minimum Gasteiger partial charge on any atom is -0.327 e. The van der Waals surface area contributed by atoms with Crippen molar-refractivity contribution in [2.24, 2.45) is 35.3 Å². The van der Waals surface area contributed by atoms with Gasteiger partial charge in [-0.3, -0.25) is 0 Å². The van der Waals surface area contributed by atoms with Crippen LogP contribution in [0.4, 0.5) is 0 Å². The van der Waals surface area contributed by atoms with Crippen molar-refractivity contribution in [1.29, 1.82) is 0 Å². The molecule has 3 bridgehead atoms. The largest absolute Gasteiger partial charge is 0.327 e. The summed E-state index contributed by atoms with van der Waals surface area (Å²) >= 11 is 0. The van der Waals surface area contributed by atoms with Crippen molar-refractivity contribution in [2.45, 2.75) is 38.6 Å². The third-order valence-corrected chi connectivity index (χ3v) is 5.06. The van der Waals surface area contributed by atoms with Crippen LogP contribution in [0.25, 0.3) is 0 Å². The highest BCUT2D eigenvalue weighted by Crippen LogP contribution is 2.58. The number of rotatable bonds is 0. The van der Waals surface area contributed by atoms with Crippen molar-refractivity contribution >= 4 is 0 Å². The average molecular weight is 165 g/mol. The summed E-state index contributed by atoms with van der Waals surface area (Å²) in [6.07, 6.45) is 5.91. The number of hydrogen-bond donors (Lipinski definition) is 1. The maximum atomic E-state index is 6.30. The number of fused-ring (bicyclic) bond motifs is 3. The molecule has 2 N–H and O–H groups in total. The zero-order chi connectivity index (χ0) is 8.29. The predicted molar refractivity (Wildman–Crippen MR) is 49.6 cm³/mol. The normalized spacial score (nSPS) is 62.5. The number of nitrogens with two attached hydrogens (primary N) is 1. The Kier molecular flexibility index (Phi) is 1.39. The molecule has 3 aliphatic rings. The molecule has 68 valence electrons. The molecule has 0 aromatic carbocycles. The van der Waals surface area contributed by atoms with E-state index in [1.54, 1.807) is 0 Å². The van der Waals surface area contributed by atoms with E-state index in [0.29, 0.717) is 6.04 Å². The SMILES string of the molecule is CC1C2CCC3CCC2C(N)C31. The van der Waals surface area contributed by atoms with Crippen LogP contribution in [0.3, 0.4) is 0 Å². The fraction of sp³-hybridized carbons (Fsp3) is 1.00.